The maximum absolute atomic E-state index is 5.30. The van der Waals surface area contributed by atoms with Crippen molar-refractivity contribution >= 4 is 53.2 Å². The maximum Gasteiger partial charge on any atom is 0.160 e. The van der Waals surface area contributed by atoms with Gasteiger partial charge in [-0.2, -0.15) is 0 Å². The Morgan fingerprint density at radius 3 is 1.93 bits per heavy atom. The van der Waals surface area contributed by atoms with E-state index in [0.717, 1.165) is 56.1 Å². The summed E-state index contributed by atoms with van der Waals surface area (Å²) in [6.45, 7) is 4.65. The molecule has 1 aliphatic rings. The van der Waals surface area contributed by atoms with Gasteiger partial charge in [0, 0.05) is 64.0 Å². The van der Waals surface area contributed by atoms with Crippen LogP contribution in [-0.4, -0.2) is 15.0 Å². The van der Waals surface area contributed by atoms with Crippen LogP contribution in [0.4, 0.5) is 0 Å². The monoisotopic (exact) mass is 707 g/mol. The van der Waals surface area contributed by atoms with Gasteiger partial charge in [0.2, 0.25) is 0 Å². The topological polar surface area (TPSA) is 38.7 Å². The molecule has 0 aliphatic heterocycles. The molecule has 0 fully saturated rings. The SMILES string of the molecule is CC1(C)c2ccccc2-c2cc(-c3cc(-c4cccc5c4sc4c5ccc5c(-c6ccccc6)nc6ccccc6c54)nc(-c4ccccc4)n3)ccc21. The minimum Gasteiger partial charge on any atom is -0.247 e. The largest absolute Gasteiger partial charge is 0.247 e. The van der Waals surface area contributed by atoms with Crippen LogP contribution < -0.4 is 0 Å². The molecule has 1 aliphatic carbocycles. The lowest BCUT2D eigenvalue weighted by atomic mass is 9.82. The molecule has 0 atom stereocenters. The Kier molecular flexibility index (Phi) is 6.77. The fraction of sp³-hybridized carbons (Fsp3) is 0.0600. The van der Waals surface area contributed by atoms with Crippen LogP contribution in [0, 0.1) is 0 Å². The zero-order chi connectivity index (χ0) is 36.0. The first-order chi connectivity index (χ1) is 26.5. The highest BCUT2D eigenvalue weighted by Gasteiger charge is 2.35. The summed E-state index contributed by atoms with van der Waals surface area (Å²) in [5.41, 5.74) is 13.4. The first kappa shape index (κ1) is 31.1. The number of hydrogen-bond acceptors (Lipinski definition) is 4. The van der Waals surface area contributed by atoms with Crippen LogP contribution in [0.2, 0.25) is 0 Å². The first-order valence-electron chi connectivity index (χ1n) is 18.4. The molecule has 0 saturated heterocycles. The van der Waals surface area contributed by atoms with Crippen LogP contribution in [0.3, 0.4) is 0 Å². The van der Waals surface area contributed by atoms with Gasteiger partial charge >= 0.3 is 0 Å². The number of pyridine rings is 1. The summed E-state index contributed by atoms with van der Waals surface area (Å²) in [6.07, 6.45) is 0. The van der Waals surface area contributed by atoms with E-state index in [1.54, 1.807) is 0 Å². The Balaban J connectivity index is 1.16. The van der Waals surface area contributed by atoms with Gasteiger partial charge in [-0.3, -0.25) is 0 Å². The second-order valence-electron chi connectivity index (χ2n) is 14.8. The number of rotatable bonds is 4. The number of fused-ring (bicyclic) bond motifs is 10. The molecule has 3 nitrogen and oxygen atoms in total. The predicted molar refractivity (Wildman–Crippen MR) is 227 cm³/mol. The Labute approximate surface area is 317 Å². The van der Waals surface area contributed by atoms with Gasteiger partial charge in [0.05, 0.1) is 22.6 Å². The fourth-order valence-corrected chi connectivity index (χ4v) is 10.0. The Hall–Kier alpha value is -6.49. The van der Waals surface area contributed by atoms with Crippen molar-refractivity contribution in [1.29, 1.82) is 0 Å². The summed E-state index contributed by atoms with van der Waals surface area (Å²) in [4.78, 5) is 15.7. The lowest BCUT2D eigenvalue weighted by Crippen LogP contribution is -2.14. The zero-order valence-corrected chi connectivity index (χ0v) is 30.7. The predicted octanol–water partition coefficient (Wildman–Crippen LogP) is 13.5. The van der Waals surface area contributed by atoms with E-state index in [1.807, 2.05) is 17.4 Å². The van der Waals surface area contributed by atoms with Gasteiger partial charge in [-0.1, -0.05) is 159 Å². The molecule has 0 amide bonds. The van der Waals surface area contributed by atoms with E-state index < -0.39 is 0 Å². The molecule has 7 aromatic carbocycles. The first-order valence-corrected chi connectivity index (χ1v) is 19.3. The van der Waals surface area contributed by atoms with Crippen molar-refractivity contribution < 1.29 is 0 Å². The van der Waals surface area contributed by atoms with Crippen LogP contribution >= 0.6 is 11.3 Å². The van der Waals surface area contributed by atoms with Crippen LogP contribution in [0.25, 0.3) is 98.1 Å². The molecule has 0 bridgehead atoms. The van der Waals surface area contributed by atoms with Crippen molar-refractivity contribution in [3.05, 3.63) is 175 Å². The second kappa shape index (κ2) is 11.8. The van der Waals surface area contributed by atoms with Gasteiger partial charge in [0.15, 0.2) is 5.82 Å². The number of nitrogens with zero attached hydrogens (tertiary/aromatic N) is 3. The van der Waals surface area contributed by atoms with Gasteiger partial charge in [-0.05, 0) is 40.5 Å². The summed E-state index contributed by atoms with van der Waals surface area (Å²) in [5.74, 6) is 0.720. The van der Waals surface area contributed by atoms with Crippen LogP contribution in [0.1, 0.15) is 25.0 Å². The quantitative estimate of drug-likeness (QED) is 0.171. The molecule has 10 aromatic rings. The number of benzene rings is 7. The fourth-order valence-electron chi connectivity index (χ4n) is 8.64. The summed E-state index contributed by atoms with van der Waals surface area (Å²) >= 11 is 1.85. The van der Waals surface area contributed by atoms with Crippen molar-refractivity contribution in [2.45, 2.75) is 19.3 Å². The minimum atomic E-state index is -0.0548. The summed E-state index contributed by atoms with van der Waals surface area (Å²) in [7, 11) is 0. The molecule has 11 rings (SSSR count). The standard InChI is InChI=1S/C50H33N3S/c1-50(2)40-22-11-9-18-33(40)39-28-32(24-27-41(39)50)43-29-44(53-49(52-43)31-16-7-4-8-17-31)37-21-13-20-34-35-25-26-38-45(48(35)54-47(34)37)36-19-10-12-23-42(36)51-46(38)30-14-5-3-6-15-30/h3-29H,1-2H3. The molecule has 254 valence electrons. The maximum atomic E-state index is 5.30. The van der Waals surface area contributed by atoms with Gasteiger partial charge in [-0.25, -0.2) is 15.0 Å². The molecule has 0 radical (unpaired) electrons. The Morgan fingerprint density at radius 1 is 0.426 bits per heavy atom. The highest BCUT2D eigenvalue weighted by molar-refractivity contribution is 7.27. The van der Waals surface area contributed by atoms with Crippen molar-refractivity contribution in [2.75, 3.05) is 0 Å². The van der Waals surface area contributed by atoms with Gasteiger partial charge < -0.3 is 0 Å². The molecule has 3 aromatic heterocycles. The third-order valence-corrected chi connectivity index (χ3v) is 12.6. The van der Waals surface area contributed by atoms with Crippen LogP contribution in [0.5, 0.6) is 0 Å². The van der Waals surface area contributed by atoms with Crippen molar-refractivity contribution in [1.82, 2.24) is 15.0 Å². The average molecular weight is 708 g/mol. The number of hydrogen-bond donors (Lipinski definition) is 0. The molecular weight excluding hydrogens is 675 g/mol. The van der Waals surface area contributed by atoms with E-state index >= 15 is 0 Å². The molecule has 0 saturated carbocycles. The number of aromatic nitrogens is 3. The third-order valence-electron chi connectivity index (χ3n) is 11.3. The molecule has 4 heteroatoms. The molecular formula is C50H33N3S. The minimum absolute atomic E-state index is 0.0548. The summed E-state index contributed by atoms with van der Waals surface area (Å²) in [5, 5.41) is 6.06. The molecule has 54 heavy (non-hydrogen) atoms. The number of para-hydroxylation sites is 1. The Morgan fingerprint density at radius 2 is 1.07 bits per heavy atom. The van der Waals surface area contributed by atoms with Crippen LogP contribution in [-0.2, 0) is 5.41 Å². The highest BCUT2D eigenvalue weighted by atomic mass is 32.1. The van der Waals surface area contributed by atoms with Crippen LogP contribution in [0.15, 0.2) is 164 Å². The van der Waals surface area contributed by atoms with Gasteiger partial charge in [0.1, 0.15) is 0 Å². The molecule has 0 spiro atoms. The average Bonchev–Trinajstić information content (AvgIpc) is 3.73. The molecule has 0 N–H and O–H groups in total. The smallest absolute Gasteiger partial charge is 0.160 e. The number of thiophene rings is 1. The second-order valence-corrected chi connectivity index (χ2v) is 15.8. The van der Waals surface area contributed by atoms with Gasteiger partial charge in [-0.15, -0.1) is 11.3 Å². The van der Waals surface area contributed by atoms with E-state index in [2.05, 4.69) is 172 Å². The van der Waals surface area contributed by atoms with E-state index in [9.17, 15) is 0 Å². The Bertz CT molecular complexity index is 3120. The third kappa shape index (κ3) is 4.63. The normalized spacial score (nSPS) is 13.1. The van der Waals surface area contributed by atoms with E-state index in [1.165, 1.54) is 53.2 Å². The summed E-state index contributed by atoms with van der Waals surface area (Å²) in [6, 6.07) is 58.5. The van der Waals surface area contributed by atoms with E-state index in [0.29, 0.717) is 0 Å². The van der Waals surface area contributed by atoms with Crippen molar-refractivity contribution in [3.8, 4) is 56.3 Å². The summed E-state index contributed by atoms with van der Waals surface area (Å²) < 4.78 is 2.48. The lowest BCUT2D eigenvalue weighted by molar-refractivity contribution is 0.660. The lowest BCUT2D eigenvalue weighted by Gasteiger charge is -2.21. The van der Waals surface area contributed by atoms with E-state index in [4.69, 9.17) is 15.0 Å². The molecule has 3 heterocycles. The zero-order valence-electron chi connectivity index (χ0n) is 29.8. The van der Waals surface area contributed by atoms with Crippen molar-refractivity contribution in [2.24, 2.45) is 0 Å². The van der Waals surface area contributed by atoms with Crippen molar-refractivity contribution in [3.63, 3.8) is 0 Å². The van der Waals surface area contributed by atoms with E-state index in [-0.39, 0.29) is 5.41 Å². The van der Waals surface area contributed by atoms with Gasteiger partial charge in [0.25, 0.3) is 0 Å². The molecule has 0 unspecified atom stereocenters. The highest BCUT2D eigenvalue weighted by Crippen LogP contribution is 2.50.